The number of carboxylic acids is 1. The quantitative estimate of drug-likeness (QED) is 0.631. The fourth-order valence-corrected chi connectivity index (χ4v) is 1.97. The van der Waals surface area contributed by atoms with E-state index in [9.17, 15) is 14.7 Å². The Morgan fingerprint density at radius 2 is 1.95 bits per heavy atom. The molecule has 0 saturated carbocycles. The summed E-state index contributed by atoms with van der Waals surface area (Å²) in [6, 6.07) is 5.07. The average molecular weight is 259 g/mol. The summed E-state index contributed by atoms with van der Waals surface area (Å²) in [5.74, 6) is -1.14. The summed E-state index contributed by atoms with van der Waals surface area (Å²) in [5.41, 5.74) is -0.0397. The summed E-state index contributed by atoms with van der Waals surface area (Å²) in [4.78, 5) is 26.7. The SMILES string of the molecule is O=CC(Cc1ccncc1)(Cc1ccoc1)C(=O)O. The van der Waals surface area contributed by atoms with Crippen molar-refractivity contribution in [2.24, 2.45) is 5.41 Å². The molecule has 2 heterocycles. The second-order valence-electron chi connectivity index (χ2n) is 4.42. The largest absolute Gasteiger partial charge is 0.480 e. The van der Waals surface area contributed by atoms with Crippen molar-refractivity contribution < 1.29 is 19.1 Å². The lowest BCUT2D eigenvalue weighted by atomic mass is 9.78. The van der Waals surface area contributed by atoms with Crippen molar-refractivity contribution in [1.29, 1.82) is 0 Å². The number of aldehydes is 1. The molecule has 0 saturated heterocycles. The van der Waals surface area contributed by atoms with Crippen LogP contribution >= 0.6 is 0 Å². The van der Waals surface area contributed by atoms with Gasteiger partial charge in [0.05, 0.1) is 12.5 Å². The van der Waals surface area contributed by atoms with E-state index in [0.717, 1.165) is 5.56 Å². The van der Waals surface area contributed by atoms with Gasteiger partial charge < -0.3 is 14.3 Å². The standard InChI is InChI=1S/C14H13NO4/c16-10-14(13(17)18,8-12-3-6-19-9-12)7-11-1-4-15-5-2-11/h1-6,9-10H,7-8H2,(H,17,18). The van der Waals surface area contributed by atoms with Crippen molar-refractivity contribution in [2.45, 2.75) is 12.8 Å². The zero-order valence-electron chi connectivity index (χ0n) is 10.2. The molecule has 1 unspecified atom stereocenters. The van der Waals surface area contributed by atoms with E-state index in [0.29, 0.717) is 11.8 Å². The number of hydrogen-bond acceptors (Lipinski definition) is 4. The molecule has 1 atom stereocenters. The van der Waals surface area contributed by atoms with Gasteiger partial charge in [0, 0.05) is 12.4 Å². The molecule has 0 spiro atoms. The van der Waals surface area contributed by atoms with Crippen LogP contribution in [0.1, 0.15) is 11.1 Å². The van der Waals surface area contributed by atoms with Crippen LogP contribution in [-0.2, 0) is 22.4 Å². The number of carbonyl (C=O) groups is 2. The molecule has 98 valence electrons. The second-order valence-corrected chi connectivity index (χ2v) is 4.42. The fraction of sp³-hybridized carbons (Fsp3) is 0.214. The normalized spacial score (nSPS) is 13.7. The maximum Gasteiger partial charge on any atom is 0.317 e. The molecule has 0 aliphatic heterocycles. The van der Waals surface area contributed by atoms with Crippen LogP contribution in [0.25, 0.3) is 0 Å². The van der Waals surface area contributed by atoms with Gasteiger partial charge in [0.2, 0.25) is 0 Å². The Kier molecular flexibility index (Phi) is 3.75. The summed E-state index contributed by atoms with van der Waals surface area (Å²) in [6.07, 6.45) is 6.79. The highest BCUT2D eigenvalue weighted by Crippen LogP contribution is 2.26. The van der Waals surface area contributed by atoms with E-state index in [1.807, 2.05) is 0 Å². The van der Waals surface area contributed by atoms with E-state index in [4.69, 9.17) is 4.42 Å². The molecule has 19 heavy (non-hydrogen) atoms. The maximum atomic E-state index is 11.5. The Labute approximate surface area is 109 Å². The maximum absolute atomic E-state index is 11.5. The fourth-order valence-electron chi connectivity index (χ4n) is 1.97. The molecule has 0 aliphatic carbocycles. The number of nitrogens with zero attached hydrogens (tertiary/aromatic N) is 1. The molecule has 0 radical (unpaired) electrons. The van der Waals surface area contributed by atoms with Crippen LogP contribution in [0.4, 0.5) is 0 Å². The monoisotopic (exact) mass is 259 g/mol. The molecule has 5 nitrogen and oxygen atoms in total. The molecule has 0 aliphatic rings. The third kappa shape index (κ3) is 2.88. The third-order valence-corrected chi connectivity index (χ3v) is 3.02. The molecule has 1 N–H and O–H groups in total. The van der Waals surface area contributed by atoms with E-state index in [1.54, 1.807) is 30.6 Å². The predicted molar refractivity (Wildman–Crippen MR) is 66.5 cm³/mol. The van der Waals surface area contributed by atoms with Gasteiger partial charge in [-0.1, -0.05) is 0 Å². The van der Waals surface area contributed by atoms with Crippen molar-refractivity contribution in [3.8, 4) is 0 Å². The summed E-state index contributed by atoms with van der Waals surface area (Å²) in [7, 11) is 0. The van der Waals surface area contributed by atoms with Gasteiger partial charge in [-0.05, 0) is 42.2 Å². The van der Waals surface area contributed by atoms with Gasteiger partial charge in [0.15, 0.2) is 0 Å². The van der Waals surface area contributed by atoms with Crippen molar-refractivity contribution in [2.75, 3.05) is 0 Å². The minimum Gasteiger partial charge on any atom is -0.480 e. The van der Waals surface area contributed by atoms with Gasteiger partial charge in [-0.3, -0.25) is 9.78 Å². The van der Waals surface area contributed by atoms with E-state index >= 15 is 0 Å². The molecular weight excluding hydrogens is 246 g/mol. The van der Waals surface area contributed by atoms with Gasteiger partial charge >= 0.3 is 5.97 Å². The minimum atomic E-state index is -1.48. The van der Waals surface area contributed by atoms with Gasteiger partial charge in [-0.25, -0.2) is 0 Å². The Balaban J connectivity index is 2.29. The molecule has 0 amide bonds. The van der Waals surface area contributed by atoms with Crippen molar-refractivity contribution in [3.63, 3.8) is 0 Å². The van der Waals surface area contributed by atoms with Crippen LogP contribution in [0.3, 0.4) is 0 Å². The van der Waals surface area contributed by atoms with Gasteiger partial charge in [0.25, 0.3) is 0 Å². The van der Waals surface area contributed by atoms with Crippen molar-refractivity contribution in [3.05, 3.63) is 54.2 Å². The third-order valence-electron chi connectivity index (χ3n) is 3.02. The summed E-state index contributed by atoms with van der Waals surface area (Å²) in [5, 5.41) is 9.41. The van der Waals surface area contributed by atoms with Gasteiger partial charge in [-0.15, -0.1) is 0 Å². The van der Waals surface area contributed by atoms with Crippen LogP contribution in [0, 0.1) is 5.41 Å². The van der Waals surface area contributed by atoms with Crippen LogP contribution in [-0.4, -0.2) is 22.3 Å². The number of carboxylic acid groups (broad SMARTS) is 1. The van der Waals surface area contributed by atoms with Crippen molar-refractivity contribution in [1.82, 2.24) is 4.98 Å². The molecule has 2 rings (SSSR count). The van der Waals surface area contributed by atoms with Crippen LogP contribution < -0.4 is 0 Å². The number of aliphatic carboxylic acids is 1. The number of pyridine rings is 1. The highest BCUT2D eigenvalue weighted by molar-refractivity contribution is 5.92. The Morgan fingerprint density at radius 1 is 1.26 bits per heavy atom. The first kappa shape index (κ1) is 13.0. The number of furan rings is 1. The zero-order chi connectivity index (χ0) is 13.7. The van der Waals surface area contributed by atoms with Crippen LogP contribution in [0.5, 0.6) is 0 Å². The number of rotatable bonds is 6. The molecule has 2 aromatic heterocycles. The summed E-state index contributed by atoms with van der Waals surface area (Å²) < 4.78 is 4.92. The highest BCUT2D eigenvalue weighted by Gasteiger charge is 2.39. The second kappa shape index (κ2) is 5.48. The Bertz CT molecular complexity index is 550. The Hall–Kier alpha value is -2.43. The van der Waals surface area contributed by atoms with E-state index in [-0.39, 0.29) is 12.8 Å². The highest BCUT2D eigenvalue weighted by atomic mass is 16.4. The lowest BCUT2D eigenvalue weighted by Gasteiger charge is -2.22. The van der Waals surface area contributed by atoms with Gasteiger partial charge in [0.1, 0.15) is 11.7 Å². The number of carbonyl (C=O) groups excluding carboxylic acids is 1. The lowest BCUT2D eigenvalue weighted by Crippen LogP contribution is -2.37. The molecular formula is C14H13NO4. The topological polar surface area (TPSA) is 80.4 Å². The minimum absolute atomic E-state index is 0.102. The van der Waals surface area contributed by atoms with Crippen LogP contribution in [0.2, 0.25) is 0 Å². The Morgan fingerprint density at radius 3 is 2.47 bits per heavy atom. The van der Waals surface area contributed by atoms with Crippen LogP contribution in [0.15, 0.2) is 47.5 Å². The summed E-state index contributed by atoms with van der Waals surface area (Å²) in [6.45, 7) is 0. The predicted octanol–water partition coefficient (Wildman–Crippen LogP) is 1.73. The smallest absolute Gasteiger partial charge is 0.317 e. The molecule has 0 bridgehead atoms. The number of aromatic nitrogens is 1. The zero-order valence-corrected chi connectivity index (χ0v) is 10.2. The lowest BCUT2D eigenvalue weighted by molar-refractivity contribution is -0.151. The molecule has 0 fully saturated rings. The first-order chi connectivity index (χ1) is 9.16. The molecule has 5 heteroatoms. The number of hydrogen-bond donors (Lipinski definition) is 1. The van der Waals surface area contributed by atoms with E-state index < -0.39 is 11.4 Å². The first-order valence-electron chi connectivity index (χ1n) is 5.76. The molecule has 2 aromatic rings. The summed E-state index contributed by atoms with van der Waals surface area (Å²) >= 11 is 0. The molecule has 0 aromatic carbocycles. The van der Waals surface area contributed by atoms with Gasteiger partial charge in [-0.2, -0.15) is 0 Å². The van der Waals surface area contributed by atoms with E-state index in [1.165, 1.54) is 12.5 Å². The van der Waals surface area contributed by atoms with Crippen molar-refractivity contribution >= 4 is 12.3 Å². The first-order valence-corrected chi connectivity index (χ1v) is 5.76. The average Bonchev–Trinajstić information content (AvgIpc) is 2.91. The van der Waals surface area contributed by atoms with E-state index in [2.05, 4.69) is 4.98 Å².